The molecule has 2 heterocycles. The summed E-state index contributed by atoms with van der Waals surface area (Å²) in [6.07, 6.45) is 4.14. The summed E-state index contributed by atoms with van der Waals surface area (Å²) >= 11 is 9.42. The molecule has 1 fully saturated rings. The molecule has 5 heteroatoms. The van der Waals surface area contributed by atoms with Crippen molar-refractivity contribution < 1.29 is 0 Å². The van der Waals surface area contributed by atoms with Crippen LogP contribution in [0.2, 0.25) is 5.28 Å². The van der Waals surface area contributed by atoms with Crippen molar-refractivity contribution in [1.29, 1.82) is 0 Å². The highest BCUT2D eigenvalue weighted by atomic mass is 79.9. The van der Waals surface area contributed by atoms with Crippen LogP contribution in [0.25, 0.3) is 11.2 Å². The average Bonchev–Trinajstić information content (AvgIpc) is 2.89. The predicted molar refractivity (Wildman–Crippen MR) is 58.5 cm³/mol. The van der Waals surface area contributed by atoms with E-state index in [4.69, 9.17) is 11.6 Å². The summed E-state index contributed by atoms with van der Waals surface area (Å²) in [6.45, 7) is 0. The Labute approximate surface area is 94.2 Å². The van der Waals surface area contributed by atoms with E-state index in [2.05, 4.69) is 25.9 Å². The number of hydrogen-bond donors (Lipinski definition) is 0. The van der Waals surface area contributed by atoms with Crippen LogP contribution in [0.15, 0.2) is 16.7 Å². The van der Waals surface area contributed by atoms with Gasteiger partial charge in [-0.3, -0.25) is 4.57 Å². The van der Waals surface area contributed by atoms with E-state index in [1.807, 2.05) is 10.6 Å². The number of aromatic nitrogens is 3. The van der Waals surface area contributed by atoms with Crippen molar-refractivity contribution in [3.05, 3.63) is 22.0 Å². The Morgan fingerprint density at radius 2 is 2.29 bits per heavy atom. The molecule has 0 radical (unpaired) electrons. The summed E-state index contributed by atoms with van der Waals surface area (Å²) in [5.74, 6) is 0. The minimum Gasteiger partial charge on any atom is -0.296 e. The van der Waals surface area contributed by atoms with Crippen molar-refractivity contribution in [2.75, 3.05) is 0 Å². The molecule has 3 rings (SSSR count). The van der Waals surface area contributed by atoms with Crippen LogP contribution in [0, 0.1) is 0 Å². The number of nitrogens with zero attached hydrogens (tertiary/aromatic N) is 3. The minimum atomic E-state index is 0.515. The highest BCUT2D eigenvalue weighted by Crippen LogP contribution is 2.39. The lowest BCUT2D eigenvalue weighted by molar-refractivity contribution is 0.758. The molecule has 72 valence electrons. The molecule has 0 atom stereocenters. The maximum atomic E-state index is 6.05. The summed E-state index contributed by atoms with van der Waals surface area (Å²) in [4.78, 5) is 8.60. The van der Waals surface area contributed by atoms with Crippen molar-refractivity contribution in [1.82, 2.24) is 14.5 Å². The Morgan fingerprint density at radius 3 is 3.00 bits per heavy atom. The maximum Gasteiger partial charge on any atom is 0.205 e. The predicted octanol–water partition coefficient (Wildman–Crippen LogP) is 3.18. The van der Waals surface area contributed by atoms with Gasteiger partial charge in [-0.1, -0.05) is 0 Å². The highest BCUT2D eigenvalue weighted by Gasteiger charge is 2.28. The number of pyridine rings is 1. The fourth-order valence-electron chi connectivity index (χ4n) is 1.59. The van der Waals surface area contributed by atoms with Gasteiger partial charge in [0, 0.05) is 16.7 Å². The average molecular weight is 273 g/mol. The summed E-state index contributed by atoms with van der Waals surface area (Å²) in [7, 11) is 0. The first-order valence-electron chi connectivity index (χ1n) is 4.44. The van der Waals surface area contributed by atoms with Gasteiger partial charge >= 0.3 is 0 Å². The topological polar surface area (TPSA) is 30.7 Å². The fraction of sp³-hybridized carbons (Fsp3) is 0.333. The first-order chi connectivity index (χ1) is 6.75. The van der Waals surface area contributed by atoms with E-state index in [-0.39, 0.29) is 0 Å². The molecule has 0 saturated heterocycles. The Morgan fingerprint density at radius 1 is 1.50 bits per heavy atom. The fourth-order valence-corrected chi connectivity index (χ4v) is 2.21. The van der Waals surface area contributed by atoms with Gasteiger partial charge in [0.1, 0.15) is 5.52 Å². The van der Waals surface area contributed by atoms with Crippen molar-refractivity contribution in [2.24, 2.45) is 0 Å². The molecule has 0 N–H and O–H groups in total. The van der Waals surface area contributed by atoms with E-state index < -0.39 is 0 Å². The van der Waals surface area contributed by atoms with Gasteiger partial charge in [-0.2, -0.15) is 0 Å². The number of hydrogen-bond acceptors (Lipinski definition) is 2. The zero-order valence-corrected chi connectivity index (χ0v) is 9.59. The summed E-state index contributed by atoms with van der Waals surface area (Å²) < 4.78 is 2.95. The number of fused-ring (bicyclic) bond motifs is 1. The van der Waals surface area contributed by atoms with Crippen molar-refractivity contribution in [3.8, 4) is 0 Å². The molecule has 3 nitrogen and oxygen atoms in total. The van der Waals surface area contributed by atoms with E-state index in [0.29, 0.717) is 11.3 Å². The molecule has 1 aliphatic rings. The largest absolute Gasteiger partial charge is 0.296 e. The van der Waals surface area contributed by atoms with Crippen LogP contribution in [0.4, 0.5) is 0 Å². The van der Waals surface area contributed by atoms with Crippen molar-refractivity contribution in [2.45, 2.75) is 18.9 Å². The quantitative estimate of drug-likeness (QED) is 0.798. The number of halogens is 2. The Bertz CT molecular complexity index is 504. The molecule has 0 bridgehead atoms. The smallest absolute Gasteiger partial charge is 0.205 e. The minimum absolute atomic E-state index is 0.515. The third kappa shape index (κ3) is 1.25. The molecule has 0 aromatic carbocycles. The molecule has 0 amide bonds. The monoisotopic (exact) mass is 271 g/mol. The normalized spacial score (nSPS) is 16.4. The molecule has 2 aromatic rings. The lowest BCUT2D eigenvalue weighted by atomic mass is 10.4. The van der Waals surface area contributed by atoms with Crippen LogP contribution in [0.1, 0.15) is 18.9 Å². The van der Waals surface area contributed by atoms with Crippen LogP contribution in [0.3, 0.4) is 0 Å². The number of rotatable bonds is 1. The molecule has 0 spiro atoms. The first-order valence-corrected chi connectivity index (χ1v) is 5.62. The molecule has 1 saturated carbocycles. The van der Waals surface area contributed by atoms with E-state index >= 15 is 0 Å². The molecular weight excluding hydrogens is 265 g/mol. The van der Waals surface area contributed by atoms with Gasteiger partial charge in [-0.25, -0.2) is 9.97 Å². The van der Waals surface area contributed by atoms with Gasteiger partial charge in [0.15, 0.2) is 5.65 Å². The maximum absolute atomic E-state index is 6.05. The third-order valence-corrected chi connectivity index (χ3v) is 3.07. The molecule has 2 aromatic heterocycles. The highest BCUT2D eigenvalue weighted by molar-refractivity contribution is 9.10. The molecule has 1 aliphatic carbocycles. The molecular formula is C9H7BrClN3. The SMILES string of the molecule is Clc1nc2cc(Br)cnc2n1C1CC1. The van der Waals surface area contributed by atoms with Gasteiger partial charge in [-0.15, -0.1) is 0 Å². The van der Waals surface area contributed by atoms with E-state index in [1.54, 1.807) is 6.20 Å². The van der Waals surface area contributed by atoms with Crippen LogP contribution in [0.5, 0.6) is 0 Å². The summed E-state index contributed by atoms with van der Waals surface area (Å²) in [5.41, 5.74) is 1.75. The van der Waals surface area contributed by atoms with Crippen molar-refractivity contribution >= 4 is 38.7 Å². The van der Waals surface area contributed by atoms with E-state index in [0.717, 1.165) is 15.6 Å². The van der Waals surface area contributed by atoms with Gasteiger partial charge in [0.2, 0.25) is 5.28 Å². The second-order valence-corrected chi connectivity index (χ2v) is 4.73. The van der Waals surface area contributed by atoms with Crippen LogP contribution in [-0.2, 0) is 0 Å². The molecule has 0 aliphatic heterocycles. The Hall–Kier alpha value is -0.610. The van der Waals surface area contributed by atoms with Crippen LogP contribution < -0.4 is 0 Å². The van der Waals surface area contributed by atoms with Gasteiger partial charge < -0.3 is 0 Å². The Balaban J connectivity index is 2.32. The third-order valence-electron chi connectivity index (χ3n) is 2.37. The standard InChI is InChI=1S/C9H7BrClN3/c10-5-3-7-8(12-4-5)14(6-1-2-6)9(11)13-7/h3-4,6H,1-2H2. The zero-order chi connectivity index (χ0) is 9.71. The lowest BCUT2D eigenvalue weighted by Crippen LogP contribution is -1.94. The van der Waals surface area contributed by atoms with Crippen LogP contribution >= 0.6 is 27.5 Å². The Kier molecular flexibility index (Phi) is 1.82. The lowest BCUT2D eigenvalue weighted by Gasteiger charge is -2.00. The van der Waals surface area contributed by atoms with Crippen LogP contribution in [-0.4, -0.2) is 14.5 Å². The zero-order valence-electron chi connectivity index (χ0n) is 7.24. The molecule has 0 unspecified atom stereocenters. The van der Waals surface area contributed by atoms with Gasteiger partial charge in [-0.05, 0) is 46.4 Å². The first kappa shape index (κ1) is 8.68. The number of imidazole rings is 1. The van der Waals surface area contributed by atoms with Gasteiger partial charge in [0.25, 0.3) is 0 Å². The van der Waals surface area contributed by atoms with E-state index in [1.165, 1.54) is 12.8 Å². The van der Waals surface area contributed by atoms with E-state index in [9.17, 15) is 0 Å². The van der Waals surface area contributed by atoms with Gasteiger partial charge in [0.05, 0.1) is 0 Å². The summed E-state index contributed by atoms with van der Waals surface area (Å²) in [6, 6.07) is 2.45. The second-order valence-electron chi connectivity index (χ2n) is 3.48. The summed E-state index contributed by atoms with van der Waals surface area (Å²) in [5, 5.41) is 0.549. The van der Waals surface area contributed by atoms with Crippen molar-refractivity contribution in [3.63, 3.8) is 0 Å². The molecule has 14 heavy (non-hydrogen) atoms. The second kappa shape index (κ2) is 2.94.